The number of amides is 1. The Morgan fingerprint density at radius 2 is 2.05 bits per heavy atom. The SMILES string of the molecule is CNCC1CCCN1C(=O)c1ccc(C(C)C)cc1. The summed E-state index contributed by atoms with van der Waals surface area (Å²) >= 11 is 0. The average Bonchev–Trinajstić information content (AvgIpc) is 2.87. The number of hydrogen-bond donors (Lipinski definition) is 1. The second kappa shape index (κ2) is 6.20. The molecule has 0 bridgehead atoms. The quantitative estimate of drug-likeness (QED) is 0.902. The fraction of sp³-hybridized carbons (Fsp3) is 0.562. The summed E-state index contributed by atoms with van der Waals surface area (Å²) in [5.74, 6) is 0.682. The first-order chi connectivity index (χ1) is 9.13. The van der Waals surface area contributed by atoms with Gasteiger partial charge in [-0.1, -0.05) is 26.0 Å². The van der Waals surface area contributed by atoms with Gasteiger partial charge in [0.25, 0.3) is 5.91 Å². The Kier molecular flexibility index (Phi) is 4.59. The number of hydrogen-bond acceptors (Lipinski definition) is 2. The highest BCUT2D eigenvalue weighted by Crippen LogP contribution is 2.21. The summed E-state index contributed by atoms with van der Waals surface area (Å²) in [7, 11) is 1.94. The monoisotopic (exact) mass is 260 g/mol. The van der Waals surface area contributed by atoms with Gasteiger partial charge < -0.3 is 10.2 Å². The molecule has 104 valence electrons. The van der Waals surface area contributed by atoms with Crippen molar-refractivity contribution in [1.82, 2.24) is 10.2 Å². The average molecular weight is 260 g/mol. The third kappa shape index (κ3) is 3.16. The van der Waals surface area contributed by atoms with E-state index in [1.165, 1.54) is 5.56 Å². The molecule has 3 nitrogen and oxygen atoms in total. The number of likely N-dealkylation sites (N-methyl/N-ethyl adjacent to an activating group) is 1. The Morgan fingerprint density at radius 3 is 2.63 bits per heavy atom. The van der Waals surface area contributed by atoms with Crippen LogP contribution in [0, 0.1) is 0 Å². The Hall–Kier alpha value is -1.35. The zero-order chi connectivity index (χ0) is 13.8. The lowest BCUT2D eigenvalue weighted by molar-refractivity contribution is 0.0737. The van der Waals surface area contributed by atoms with Crippen LogP contribution in [0.25, 0.3) is 0 Å². The molecule has 1 heterocycles. The molecule has 1 fully saturated rings. The molecule has 1 saturated heterocycles. The van der Waals surface area contributed by atoms with Gasteiger partial charge in [0.15, 0.2) is 0 Å². The molecule has 1 atom stereocenters. The molecule has 1 aromatic carbocycles. The molecule has 1 unspecified atom stereocenters. The predicted octanol–water partition coefficient (Wildman–Crippen LogP) is 2.63. The van der Waals surface area contributed by atoms with Gasteiger partial charge in [-0.15, -0.1) is 0 Å². The van der Waals surface area contributed by atoms with Gasteiger partial charge in [-0.05, 0) is 43.5 Å². The number of carbonyl (C=O) groups is 1. The molecule has 0 aromatic heterocycles. The van der Waals surface area contributed by atoms with Gasteiger partial charge in [-0.25, -0.2) is 0 Å². The largest absolute Gasteiger partial charge is 0.334 e. The second-order valence-corrected chi connectivity index (χ2v) is 5.63. The minimum atomic E-state index is 0.174. The smallest absolute Gasteiger partial charge is 0.254 e. The van der Waals surface area contributed by atoms with Crippen molar-refractivity contribution in [3.63, 3.8) is 0 Å². The van der Waals surface area contributed by atoms with E-state index >= 15 is 0 Å². The number of rotatable bonds is 4. The Labute approximate surface area is 116 Å². The highest BCUT2D eigenvalue weighted by atomic mass is 16.2. The van der Waals surface area contributed by atoms with E-state index in [1.54, 1.807) is 0 Å². The van der Waals surface area contributed by atoms with Gasteiger partial charge in [0, 0.05) is 24.7 Å². The maximum atomic E-state index is 12.5. The number of carbonyl (C=O) groups excluding carboxylic acids is 1. The maximum Gasteiger partial charge on any atom is 0.254 e. The highest BCUT2D eigenvalue weighted by molar-refractivity contribution is 5.94. The molecule has 1 aromatic rings. The van der Waals surface area contributed by atoms with Crippen LogP contribution in [0.5, 0.6) is 0 Å². The summed E-state index contributed by atoms with van der Waals surface area (Å²) in [5, 5.41) is 3.18. The van der Waals surface area contributed by atoms with Crippen LogP contribution in [0.3, 0.4) is 0 Å². The summed E-state index contributed by atoms with van der Waals surface area (Å²) in [6.45, 7) is 6.10. The standard InChI is InChI=1S/C16H24N2O/c1-12(2)13-6-8-14(9-7-13)16(19)18-10-4-5-15(18)11-17-3/h6-9,12,15,17H,4-5,10-11H2,1-3H3. The van der Waals surface area contributed by atoms with Gasteiger partial charge in [-0.3, -0.25) is 4.79 Å². The molecular formula is C16H24N2O. The minimum absolute atomic E-state index is 0.174. The van der Waals surface area contributed by atoms with E-state index in [0.29, 0.717) is 12.0 Å². The number of nitrogens with one attached hydrogen (secondary N) is 1. The van der Waals surface area contributed by atoms with E-state index in [0.717, 1.165) is 31.5 Å². The normalized spacial score (nSPS) is 19.2. The molecular weight excluding hydrogens is 236 g/mol. The number of nitrogens with zero attached hydrogens (tertiary/aromatic N) is 1. The van der Waals surface area contributed by atoms with Crippen LogP contribution in [0.15, 0.2) is 24.3 Å². The topological polar surface area (TPSA) is 32.3 Å². The predicted molar refractivity (Wildman–Crippen MR) is 78.5 cm³/mol. The molecule has 1 N–H and O–H groups in total. The van der Waals surface area contributed by atoms with Gasteiger partial charge in [0.05, 0.1) is 0 Å². The zero-order valence-electron chi connectivity index (χ0n) is 12.1. The minimum Gasteiger partial charge on any atom is -0.334 e. The van der Waals surface area contributed by atoms with Crippen molar-refractivity contribution in [3.05, 3.63) is 35.4 Å². The molecule has 2 rings (SSSR count). The first kappa shape index (κ1) is 14.1. The number of likely N-dealkylation sites (tertiary alicyclic amines) is 1. The molecule has 1 aliphatic rings. The lowest BCUT2D eigenvalue weighted by atomic mass is 10.0. The lowest BCUT2D eigenvalue weighted by Crippen LogP contribution is -2.40. The molecule has 19 heavy (non-hydrogen) atoms. The van der Waals surface area contributed by atoms with Crippen molar-refractivity contribution in [2.75, 3.05) is 20.1 Å². The third-order valence-corrected chi connectivity index (χ3v) is 3.90. The maximum absolute atomic E-state index is 12.5. The fourth-order valence-electron chi connectivity index (χ4n) is 2.73. The Balaban J connectivity index is 2.10. The van der Waals surface area contributed by atoms with Crippen molar-refractivity contribution < 1.29 is 4.79 Å². The van der Waals surface area contributed by atoms with Crippen LogP contribution in [0.4, 0.5) is 0 Å². The summed E-state index contributed by atoms with van der Waals surface area (Å²) in [5.41, 5.74) is 2.09. The van der Waals surface area contributed by atoms with E-state index in [1.807, 2.05) is 24.1 Å². The summed E-state index contributed by atoms with van der Waals surface area (Å²) in [6, 6.07) is 8.42. The van der Waals surface area contributed by atoms with Crippen LogP contribution < -0.4 is 5.32 Å². The van der Waals surface area contributed by atoms with E-state index in [-0.39, 0.29) is 5.91 Å². The van der Waals surface area contributed by atoms with Crippen LogP contribution >= 0.6 is 0 Å². The van der Waals surface area contributed by atoms with E-state index in [9.17, 15) is 4.79 Å². The van der Waals surface area contributed by atoms with Crippen LogP contribution in [0.2, 0.25) is 0 Å². The van der Waals surface area contributed by atoms with Crippen molar-refractivity contribution in [2.45, 2.75) is 38.6 Å². The second-order valence-electron chi connectivity index (χ2n) is 5.63. The summed E-state index contributed by atoms with van der Waals surface area (Å²) in [6.07, 6.45) is 2.22. The van der Waals surface area contributed by atoms with Crippen LogP contribution in [0.1, 0.15) is 48.5 Å². The molecule has 0 saturated carbocycles. The van der Waals surface area contributed by atoms with Crippen LogP contribution in [-0.4, -0.2) is 37.0 Å². The first-order valence-corrected chi connectivity index (χ1v) is 7.19. The molecule has 1 aliphatic heterocycles. The molecule has 1 amide bonds. The molecule has 0 radical (unpaired) electrons. The first-order valence-electron chi connectivity index (χ1n) is 7.19. The van der Waals surface area contributed by atoms with Crippen molar-refractivity contribution in [1.29, 1.82) is 0 Å². The lowest BCUT2D eigenvalue weighted by Gasteiger charge is -2.24. The summed E-state index contributed by atoms with van der Waals surface area (Å²) in [4.78, 5) is 14.5. The zero-order valence-corrected chi connectivity index (χ0v) is 12.1. The third-order valence-electron chi connectivity index (χ3n) is 3.90. The highest BCUT2D eigenvalue weighted by Gasteiger charge is 2.28. The van der Waals surface area contributed by atoms with E-state index in [2.05, 4.69) is 31.3 Å². The van der Waals surface area contributed by atoms with Crippen molar-refractivity contribution >= 4 is 5.91 Å². The van der Waals surface area contributed by atoms with Gasteiger partial charge in [0.1, 0.15) is 0 Å². The molecule has 3 heteroatoms. The van der Waals surface area contributed by atoms with Crippen LogP contribution in [-0.2, 0) is 0 Å². The Morgan fingerprint density at radius 1 is 1.37 bits per heavy atom. The van der Waals surface area contributed by atoms with Gasteiger partial charge in [-0.2, -0.15) is 0 Å². The fourth-order valence-corrected chi connectivity index (χ4v) is 2.73. The van der Waals surface area contributed by atoms with Gasteiger partial charge in [0.2, 0.25) is 0 Å². The van der Waals surface area contributed by atoms with E-state index in [4.69, 9.17) is 0 Å². The number of benzene rings is 1. The van der Waals surface area contributed by atoms with Crippen molar-refractivity contribution in [3.8, 4) is 0 Å². The van der Waals surface area contributed by atoms with Gasteiger partial charge >= 0.3 is 0 Å². The molecule has 0 aliphatic carbocycles. The Bertz CT molecular complexity index is 425. The molecule has 0 spiro atoms. The van der Waals surface area contributed by atoms with Crippen molar-refractivity contribution in [2.24, 2.45) is 0 Å². The summed E-state index contributed by atoms with van der Waals surface area (Å²) < 4.78 is 0. The van der Waals surface area contributed by atoms with E-state index < -0.39 is 0 Å².